The standard InChI is InChI=1S/C18H28N4O2/c1-20-9-6-19-16(20)13-21-12-15(17(23)22-7-2-3-8-22)18(14-21)4-10-24-11-5-18/h6,9,15H,2-5,7-8,10-14H2,1H3. The SMILES string of the molecule is Cn1ccnc1CN1CC(C(=O)N2CCCC2)C2(CCOCC2)C1. The summed E-state index contributed by atoms with van der Waals surface area (Å²) in [6, 6.07) is 0. The fourth-order valence-corrected chi connectivity index (χ4v) is 4.72. The first-order chi connectivity index (χ1) is 11.7. The molecule has 1 unspecified atom stereocenters. The van der Waals surface area contributed by atoms with Gasteiger partial charge in [-0.1, -0.05) is 0 Å². The summed E-state index contributed by atoms with van der Waals surface area (Å²) in [5.41, 5.74) is 0.100. The van der Waals surface area contributed by atoms with Crippen molar-refractivity contribution >= 4 is 5.91 Å². The summed E-state index contributed by atoms with van der Waals surface area (Å²) in [5, 5.41) is 0. The minimum Gasteiger partial charge on any atom is -0.381 e. The van der Waals surface area contributed by atoms with Gasteiger partial charge in [0.2, 0.25) is 5.91 Å². The minimum atomic E-state index is 0.100. The largest absolute Gasteiger partial charge is 0.381 e. The fraction of sp³-hybridized carbons (Fsp3) is 0.778. The van der Waals surface area contributed by atoms with E-state index >= 15 is 0 Å². The highest BCUT2D eigenvalue weighted by Gasteiger charge is 2.51. The van der Waals surface area contributed by atoms with Crippen molar-refractivity contribution in [1.29, 1.82) is 0 Å². The number of hydrogen-bond donors (Lipinski definition) is 0. The van der Waals surface area contributed by atoms with Crippen molar-refractivity contribution in [2.45, 2.75) is 32.2 Å². The van der Waals surface area contributed by atoms with Crippen LogP contribution in [-0.2, 0) is 23.1 Å². The second-order valence-electron chi connectivity index (χ2n) is 7.68. The zero-order valence-electron chi connectivity index (χ0n) is 14.6. The van der Waals surface area contributed by atoms with Crippen LogP contribution in [0.3, 0.4) is 0 Å². The summed E-state index contributed by atoms with van der Waals surface area (Å²) >= 11 is 0. The van der Waals surface area contributed by atoms with Gasteiger partial charge in [-0.15, -0.1) is 0 Å². The van der Waals surface area contributed by atoms with Crippen LogP contribution in [0.5, 0.6) is 0 Å². The first-order valence-corrected chi connectivity index (χ1v) is 9.23. The van der Waals surface area contributed by atoms with E-state index < -0.39 is 0 Å². The van der Waals surface area contributed by atoms with Gasteiger partial charge < -0.3 is 14.2 Å². The molecule has 1 atom stereocenters. The van der Waals surface area contributed by atoms with Gasteiger partial charge in [0.1, 0.15) is 5.82 Å². The highest BCUT2D eigenvalue weighted by atomic mass is 16.5. The lowest BCUT2D eigenvalue weighted by atomic mass is 9.71. The Morgan fingerprint density at radius 2 is 2.08 bits per heavy atom. The van der Waals surface area contributed by atoms with Gasteiger partial charge in [-0.3, -0.25) is 9.69 Å². The number of imidazole rings is 1. The number of ether oxygens (including phenoxy) is 1. The quantitative estimate of drug-likeness (QED) is 0.836. The van der Waals surface area contributed by atoms with Crippen LogP contribution in [0.25, 0.3) is 0 Å². The van der Waals surface area contributed by atoms with Gasteiger partial charge >= 0.3 is 0 Å². The summed E-state index contributed by atoms with van der Waals surface area (Å²) in [4.78, 5) is 22.2. The van der Waals surface area contributed by atoms with Gasteiger partial charge in [0.25, 0.3) is 0 Å². The number of amides is 1. The van der Waals surface area contributed by atoms with E-state index in [0.29, 0.717) is 5.91 Å². The Kier molecular flexibility index (Phi) is 4.35. The number of hydrogen-bond acceptors (Lipinski definition) is 4. The lowest BCUT2D eigenvalue weighted by Gasteiger charge is -2.38. The monoisotopic (exact) mass is 332 g/mol. The summed E-state index contributed by atoms with van der Waals surface area (Å²) in [7, 11) is 2.04. The molecule has 0 N–H and O–H groups in total. The third-order valence-corrected chi connectivity index (χ3v) is 6.21. The lowest BCUT2D eigenvalue weighted by Crippen LogP contribution is -2.45. The molecule has 1 aromatic heterocycles. The van der Waals surface area contributed by atoms with E-state index in [0.717, 1.165) is 77.4 Å². The molecule has 6 nitrogen and oxygen atoms in total. The van der Waals surface area contributed by atoms with Crippen molar-refractivity contribution in [3.05, 3.63) is 18.2 Å². The van der Waals surface area contributed by atoms with Crippen LogP contribution >= 0.6 is 0 Å². The molecule has 3 fully saturated rings. The van der Waals surface area contributed by atoms with Crippen LogP contribution < -0.4 is 0 Å². The first kappa shape index (κ1) is 16.1. The van der Waals surface area contributed by atoms with Gasteiger partial charge in [0.05, 0.1) is 12.5 Å². The molecule has 132 valence electrons. The van der Waals surface area contributed by atoms with E-state index in [1.165, 1.54) is 0 Å². The minimum absolute atomic E-state index is 0.100. The third kappa shape index (κ3) is 2.86. The molecule has 0 saturated carbocycles. The molecule has 0 aliphatic carbocycles. The van der Waals surface area contributed by atoms with Crippen LogP contribution in [0.2, 0.25) is 0 Å². The number of likely N-dealkylation sites (tertiary alicyclic amines) is 2. The van der Waals surface area contributed by atoms with E-state index in [1.807, 2.05) is 19.4 Å². The summed E-state index contributed by atoms with van der Waals surface area (Å²) in [6.07, 6.45) is 8.17. The molecular formula is C18H28N4O2. The maximum absolute atomic E-state index is 13.2. The molecule has 3 aliphatic heterocycles. The van der Waals surface area contributed by atoms with Gasteiger partial charge in [-0.2, -0.15) is 0 Å². The Hall–Kier alpha value is -1.40. The smallest absolute Gasteiger partial charge is 0.227 e. The third-order valence-electron chi connectivity index (χ3n) is 6.21. The van der Waals surface area contributed by atoms with Crippen molar-refractivity contribution in [2.75, 3.05) is 39.4 Å². The number of aromatic nitrogens is 2. The van der Waals surface area contributed by atoms with E-state index in [4.69, 9.17) is 4.74 Å². The Morgan fingerprint density at radius 3 is 2.75 bits per heavy atom. The maximum Gasteiger partial charge on any atom is 0.227 e. The molecule has 4 heterocycles. The van der Waals surface area contributed by atoms with Crippen LogP contribution in [0, 0.1) is 11.3 Å². The Morgan fingerprint density at radius 1 is 1.33 bits per heavy atom. The number of carbonyl (C=O) groups is 1. The van der Waals surface area contributed by atoms with E-state index in [1.54, 1.807) is 0 Å². The zero-order chi connectivity index (χ0) is 16.6. The Balaban J connectivity index is 1.53. The molecule has 1 amide bonds. The highest BCUT2D eigenvalue weighted by Crippen LogP contribution is 2.45. The van der Waals surface area contributed by atoms with Crippen molar-refractivity contribution in [3.63, 3.8) is 0 Å². The molecular weight excluding hydrogens is 304 g/mol. The predicted octanol–water partition coefficient (Wildman–Crippen LogP) is 1.27. The number of nitrogens with zero attached hydrogens (tertiary/aromatic N) is 4. The van der Waals surface area contributed by atoms with Crippen molar-refractivity contribution in [3.8, 4) is 0 Å². The zero-order valence-corrected chi connectivity index (χ0v) is 14.6. The van der Waals surface area contributed by atoms with Crippen LogP contribution in [0.1, 0.15) is 31.5 Å². The molecule has 1 spiro atoms. The average molecular weight is 332 g/mol. The van der Waals surface area contributed by atoms with Crippen LogP contribution in [0.15, 0.2) is 12.4 Å². The van der Waals surface area contributed by atoms with Crippen LogP contribution in [-0.4, -0.2) is 64.7 Å². The van der Waals surface area contributed by atoms with E-state index in [-0.39, 0.29) is 11.3 Å². The van der Waals surface area contributed by atoms with Crippen molar-refractivity contribution in [2.24, 2.45) is 18.4 Å². The molecule has 0 bridgehead atoms. The van der Waals surface area contributed by atoms with Gasteiger partial charge in [-0.25, -0.2) is 4.98 Å². The van der Waals surface area contributed by atoms with Crippen molar-refractivity contribution < 1.29 is 9.53 Å². The Bertz CT molecular complexity index is 588. The topological polar surface area (TPSA) is 50.6 Å². The molecule has 3 saturated heterocycles. The van der Waals surface area contributed by atoms with Gasteiger partial charge in [0, 0.05) is 64.2 Å². The molecule has 0 radical (unpaired) electrons. The molecule has 24 heavy (non-hydrogen) atoms. The Labute approximate surface area is 143 Å². The molecule has 1 aromatic rings. The number of rotatable bonds is 3. The van der Waals surface area contributed by atoms with Crippen LogP contribution in [0.4, 0.5) is 0 Å². The molecule has 4 rings (SSSR count). The average Bonchev–Trinajstić information content (AvgIpc) is 3.31. The second kappa shape index (κ2) is 6.48. The summed E-state index contributed by atoms with van der Waals surface area (Å²) < 4.78 is 7.69. The molecule has 0 aromatic carbocycles. The first-order valence-electron chi connectivity index (χ1n) is 9.23. The van der Waals surface area contributed by atoms with Gasteiger partial charge in [0.15, 0.2) is 0 Å². The fourth-order valence-electron chi connectivity index (χ4n) is 4.72. The highest BCUT2D eigenvalue weighted by molar-refractivity contribution is 5.80. The second-order valence-corrected chi connectivity index (χ2v) is 7.68. The number of aryl methyl sites for hydroxylation is 1. The van der Waals surface area contributed by atoms with Crippen molar-refractivity contribution in [1.82, 2.24) is 19.4 Å². The summed E-state index contributed by atoms with van der Waals surface area (Å²) in [5.74, 6) is 1.59. The van der Waals surface area contributed by atoms with E-state index in [2.05, 4.69) is 19.4 Å². The molecule has 6 heteroatoms. The normalized spacial score (nSPS) is 27.2. The summed E-state index contributed by atoms with van der Waals surface area (Å²) in [6.45, 7) is 6.16. The number of carbonyl (C=O) groups excluding carboxylic acids is 1. The lowest BCUT2D eigenvalue weighted by molar-refractivity contribution is -0.139. The maximum atomic E-state index is 13.2. The molecule has 3 aliphatic rings. The predicted molar refractivity (Wildman–Crippen MR) is 90.3 cm³/mol. The van der Waals surface area contributed by atoms with E-state index in [9.17, 15) is 4.79 Å². The van der Waals surface area contributed by atoms with Gasteiger partial charge in [-0.05, 0) is 25.7 Å².